The molecule has 2 atom stereocenters. The Morgan fingerprint density at radius 2 is 2.00 bits per heavy atom. The molecule has 0 radical (unpaired) electrons. The number of imide groups is 1. The Kier molecular flexibility index (Phi) is 6.03. The van der Waals surface area contributed by atoms with E-state index in [-0.39, 0.29) is 18.5 Å². The van der Waals surface area contributed by atoms with Gasteiger partial charge in [-0.1, -0.05) is 36.4 Å². The van der Waals surface area contributed by atoms with Crippen molar-refractivity contribution < 1.29 is 14.4 Å². The first kappa shape index (κ1) is 22.5. The van der Waals surface area contributed by atoms with Gasteiger partial charge in [0, 0.05) is 0 Å². The number of amides is 4. The van der Waals surface area contributed by atoms with Crippen molar-refractivity contribution in [2.75, 3.05) is 18.6 Å². The van der Waals surface area contributed by atoms with Gasteiger partial charge >= 0.3 is 6.03 Å². The molecule has 34 heavy (non-hydrogen) atoms. The number of urea groups is 1. The molecule has 1 aliphatic carbocycles. The number of aromatic nitrogens is 2. The minimum atomic E-state index is -1.08. The Balaban J connectivity index is 1.34. The number of carbonyl (C=O) groups excluding carboxylic acids is 3. The maximum atomic E-state index is 13.5. The summed E-state index contributed by atoms with van der Waals surface area (Å²) < 4.78 is 0. The zero-order valence-corrected chi connectivity index (χ0v) is 19.8. The number of rotatable bonds is 7. The fraction of sp³-hybridized carbons (Fsp3) is 0.360. The van der Waals surface area contributed by atoms with Crippen LogP contribution in [0, 0.1) is 0 Å². The van der Waals surface area contributed by atoms with Crippen LogP contribution in [0.4, 0.5) is 4.79 Å². The number of hydrogen-bond donors (Lipinski definition) is 3. The Labute approximate surface area is 201 Å². The highest BCUT2D eigenvalue weighted by molar-refractivity contribution is 7.98. The van der Waals surface area contributed by atoms with Gasteiger partial charge in [0.15, 0.2) is 0 Å². The van der Waals surface area contributed by atoms with Crippen molar-refractivity contribution in [2.45, 2.75) is 37.3 Å². The van der Waals surface area contributed by atoms with Crippen LogP contribution in [0.2, 0.25) is 0 Å². The average molecular weight is 478 g/mol. The number of nitrogens with one attached hydrogen (secondary N) is 3. The van der Waals surface area contributed by atoms with Crippen molar-refractivity contribution in [1.82, 2.24) is 25.5 Å². The van der Waals surface area contributed by atoms with Crippen molar-refractivity contribution in [3.8, 4) is 0 Å². The molecule has 4 amide bonds. The van der Waals surface area contributed by atoms with Crippen LogP contribution in [0.5, 0.6) is 0 Å². The molecule has 0 bridgehead atoms. The van der Waals surface area contributed by atoms with E-state index in [0.717, 1.165) is 45.7 Å². The molecule has 0 unspecified atom stereocenters. The SMILES string of the molecule is CSCC[C@@H](NC(=O)CN1C(=O)N[C@@]2(CCCc3ccccc32)C1=O)c1nc2ccccc2[nH]1. The van der Waals surface area contributed by atoms with Crippen molar-refractivity contribution >= 4 is 40.6 Å². The van der Waals surface area contributed by atoms with Crippen LogP contribution in [0.25, 0.3) is 11.0 Å². The molecular weight excluding hydrogens is 450 g/mol. The topological polar surface area (TPSA) is 107 Å². The van der Waals surface area contributed by atoms with E-state index in [0.29, 0.717) is 18.7 Å². The molecule has 1 aromatic heterocycles. The van der Waals surface area contributed by atoms with Gasteiger partial charge in [-0.05, 0) is 61.0 Å². The maximum Gasteiger partial charge on any atom is 0.325 e. The fourth-order valence-corrected chi connectivity index (χ4v) is 5.46. The van der Waals surface area contributed by atoms with Gasteiger partial charge in [0.05, 0.1) is 17.1 Å². The smallest absolute Gasteiger partial charge is 0.325 e. The van der Waals surface area contributed by atoms with E-state index in [9.17, 15) is 14.4 Å². The lowest BCUT2D eigenvalue weighted by Gasteiger charge is -2.33. The summed E-state index contributed by atoms with van der Waals surface area (Å²) in [7, 11) is 0. The van der Waals surface area contributed by atoms with Crippen LogP contribution in [0.15, 0.2) is 48.5 Å². The van der Waals surface area contributed by atoms with Gasteiger partial charge in [-0.15, -0.1) is 0 Å². The average Bonchev–Trinajstić information content (AvgIpc) is 3.37. The number of aryl methyl sites for hydroxylation is 1. The number of fused-ring (bicyclic) bond motifs is 3. The Morgan fingerprint density at radius 3 is 2.82 bits per heavy atom. The molecule has 9 heteroatoms. The van der Waals surface area contributed by atoms with Crippen molar-refractivity contribution in [3.63, 3.8) is 0 Å². The maximum absolute atomic E-state index is 13.5. The third-order valence-corrected chi connectivity index (χ3v) is 7.28. The largest absolute Gasteiger partial charge is 0.345 e. The van der Waals surface area contributed by atoms with Gasteiger partial charge in [-0.2, -0.15) is 11.8 Å². The summed E-state index contributed by atoms with van der Waals surface area (Å²) in [6.45, 7) is -0.329. The second-order valence-electron chi connectivity index (χ2n) is 8.78. The minimum absolute atomic E-state index is 0.329. The monoisotopic (exact) mass is 477 g/mol. The standard InChI is InChI=1S/C25H27N5O3S/c1-34-14-12-20(22-27-18-10-4-5-11-19(18)28-22)26-21(31)15-30-23(32)25(29-24(30)33)13-6-8-16-7-2-3-9-17(16)25/h2-5,7,9-11,20H,6,8,12-15H2,1H3,(H,26,31)(H,27,28)(H,29,33)/t20-,25-/m1/s1. The quantitative estimate of drug-likeness (QED) is 0.453. The van der Waals surface area contributed by atoms with E-state index in [2.05, 4.69) is 20.6 Å². The molecule has 2 heterocycles. The number of hydrogen-bond acceptors (Lipinski definition) is 5. The number of nitrogens with zero attached hydrogens (tertiary/aromatic N) is 2. The molecule has 176 valence electrons. The molecule has 1 fully saturated rings. The fourth-order valence-electron chi connectivity index (χ4n) is 4.99. The second kappa shape index (κ2) is 9.13. The summed E-state index contributed by atoms with van der Waals surface area (Å²) in [5.41, 5.74) is 2.54. The van der Waals surface area contributed by atoms with E-state index < -0.39 is 17.5 Å². The van der Waals surface area contributed by atoms with Crippen LogP contribution in [0.3, 0.4) is 0 Å². The molecule has 1 spiro atoms. The van der Waals surface area contributed by atoms with Gasteiger partial charge in [-0.25, -0.2) is 9.78 Å². The summed E-state index contributed by atoms with van der Waals surface area (Å²) in [5.74, 6) is 0.740. The molecule has 3 aromatic rings. The van der Waals surface area contributed by atoms with Crippen LogP contribution in [-0.2, 0) is 21.5 Å². The minimum Gasteiger partial charge on any atom is -0.345 e. The van der Waals surface area contributed by atoms with Crippen LogP contribution in [0.1, 0.15) is 42.3 Å². The first-order valence-corrected chi connectivity index (χ1v) is 12.9. The number of imidazole rings is 1. The zero-order chi connectivity index (χ0) is 23.7. The third-order valence-electron chi connectivity index (χ3n) is 6.64. The van der Waals surface area contributed by atoms with Crippen LogP contribution >= 0.6 is 11.8 Å². The molecule has 2 aromatic carbocycles. The summed E-state index contributed by atoms with van der Waals surface area (Å²) in [5, 5.41) is 5.89. The molecule has 0 saturated carbocycles. The lowest BCUT2D eigenvalue weighted by atomic mass is 9.76. The molecular formula is C25H27N5O3S. The first-order chi connectivity index (χ1) is 16.5. The molecule has 1 aliphatic heterocycles. The second-order valence-corrected chi connectivity index (χ2v) is 9.76. The van der Waals surface area contributed by atoms with E-state index >= 15 is 0 Å². The Bertz CT molecular complexity index is 1230. The third kappa shape index (κ3) is 3.94. The molecule has 2 aliphatic rings. The predicted octanol–water partition coefficient (Wildman–Crippen LogP) is 3.26. The van der Waals surface area contributed by atoms with Gasteiger partial charge in [0.1, 0.15) is 17.9 Å². The Morgan fingerprint density at radius 1 is 1.21 bits per heavy atom. The van der Waals surface area contributed by atoms with Crippen molar-refractivity contribution in [1.29, 1.82) is 0 Å². The van der Waals surface area contributed by atoms with E-state index in [1.165, 1.54) is 0 Å². The van der Waals surface area contributed by atoms with Gasteiger partial charge in [0.25, 0.3) is 5.91 Å². The van der Waals surface area contributed by atoms with E-state index in [1.807, 2.05) is 54.8 Å². The number of para-hydroxylation sites is 2. The predicted molar refractivity (Wildman–Crippen MR) is 131 cm³/mol. The first-order valence-electron chi connectivity index (χ1n) is 11.5. The van der Waals surface area contributed by atoms with Crippen molar-refractivity contribution in [2.24, 2.45) is 0 Å². The number of H-pyrrole nitrogens is 1. The Hall–Kier alpha value is -3.33. The highest BCUT2D eigenvalue weighted by Crippen LogP contribution is 2.39. The molecule has 1 saturated heterocycles. The molecule has 8 nitrogen and oxygen atoms in total. The zero-order valence-electron chi connectivity index (χ0n) is 19.0. The van der Waals surface area contributed by atoms with Gasteiger partial charge in [-0.3, -0.25) is 14.5 Å². The summed E-state index contributed by atoms with van der Waals surface area (Å²) in [6, 6.07) is 14.5. The highest BCUT2D eigenvalue weighted by Gasteiger charge is 2.54. The summed E-state index contributed by atoms with van der Waals surface area (Å²) >= 11 is 1.68. The lowest BCUT2D eigenvalue weighted by Crippen LogP contribution is -2.47. The number of benzene rings is 2. The summed E-state index contributed by atoms with van der Waals surface area (Å²) in [4.78, 5) is 48.3. The van der Waals surface area contributed by atoms with Crippen LogP contribution in [-0.4, -0.2) is 51.3 Å². The number of thioether (sulfide) groups is 1. The van der Waals surface area contributed by atoms with Crippen LogP contribution < -0.4 is 10.6 Å². The number of carbonyl (C=O) groups is 3. The van der Waals surface area contributed by atoms with E-state index in [4.69, 9.17) is 0 Å². The normalized spacial score (nSPS) is 20.4. The highest BCUT2D eigenvalue weighted by atomic mass is 32.2. The van der Waals surface area contributed by atoms with Gasteiger partial charge in [0.2, 0.25) is 5.91 Å². The molecule has 5 rings (SSSR count). The van der Waals surface area contributed by atoms with E-state index in [1.54, 1.807) is 11.8 Å². The molecule has 3 N–H and O–H groups in total. The summed E-state index contributed by atoms with van der Waals surface area (Å²) in [6.07, 6.45) is 4.88. The number of aromatic amines is 1. The lowest BCUT2D eigenvalue weighted by molar-refractivity contribution is -0.135. The van der Waals surface area contributed by atoms with Crippen molar-refractivity contribution in [3.05, 3.63) is 65.5 Å². The van der Waals surface area contributed by atoms with Gasteiger partial charge < -0.3 is 15.6 Å².